The lowest BCUT2D eigenvalue weighted by Crippen LogP contribution is -2.43. The van der Waals surface area contributed by atoms with E-state index in [1.165, 1.54) is 38.5 Å². The summed E-state index contributed by atoms with van der Waals surface area (Å²) in [6, 6.07) is 0. The van der Waals surface area contributed by atoms with E-state index in [-0.39, 0.29) is 5.91 Å². The second-order valence-electron chi connectivity index (χ2n) is 5.56. The van der Waals surface area contributed by atoms with E-state index < -0.39 is 5.54 Å². The van der Waals surface area contributed by atoms with Gasteiger partial charge in [0.25, 0.3) is 0 Å². The number of rotatable bonds is 5. The van der Waals surface area contributed by atoms with Crippen LogP contribution >= 0.6 is 0 Å². The first-order valence-corrected chi connectivity index (χ1v) is 6.78. The molecule has 0 unspecified atom stereocenters. The summed E-state index contributed by atoms with van der Waals surface area (Å²) >= 11 is 0. The highest BCUT2D eigenvalue weighted by atomic mass is 16.2. The van der Waals surface area contributed by atoms with Gasteiger partial charge < -0.3 is 11.1 Å². The molecule has 0 bridgehead atoms. The predicted molar refractivity (Wildman–Crippen MR) is 65.0 cm³/mol. The van der Waals surface area contributed by atoms with Crippen LogP contribution in [0.4, 0.5) is 0 Å². The molecule has 2 aliphatic rings. The molecule has 2 saturated carbocycles. The highest BCUT2D eigenvalue weighted by molar-refractivity contribution is 5.88. The molecule has 3 nitrogen and oxygen atoms in total. The van der Waals surface area contributed by atoms with E-state index >= 15 is 0 Å². The van der Waals surface area contributed by atoms with Gasteiger partial charge in [0.05, 0.1) is 5.54 Å². The summed E-state index contributed by atoms with van der Waals surface area (Å²) in [6.07, 6.45) is 11.1. The molecule has 0 aromatic carbocycles. The van der Waals surface area contributed by atoms with Gasteiger partial charge in [0, 0.05) is 6.54 Å². The van der Waals surface area contributed by atoms with Crippen LogP contribution in [0.15, 0.2) is 0 Å². The van der Waals surface area contributed by atoms with Crippen LogP contribution in [0, 0.1) is 5.92 Å². The fraction of sp³-hybridized carbons (Fsp3) is 0.923. The fourth-order valence-electron chi connectivity index (χ4n) is 2.61. The molecule has 1 amide bonds. The Morgan fingerprint density at radius 2 is 1.94 bits per heavy atom. The first-order chi connectivity index (χ1) is 7.71. The van der Waals surface area contributed by atoms with Gasteiger partial charge >= 0.3 is 0 Å². The van der Waals surface area contributed by atoms with Crippen LogP contribution in [0.1, 0.15) is 57.8 Å². The third-order valence-corrected chi connectivity index (χ3v) is 4.04. The largest absolute Gasteiger partial charge is 0.355 e. The molecule has 2 rings (SSSR count). The lowest BCUT2D eigenvalue weighted by Gasteiger charge is -2.21. The lowest BCUT2D eigenvalue weighted by molar-refractivity contribution is -0.123. The van der Waals surface area contributed by atoms with Crippen molar-refractivity contribution in [3.63, 3.8) is 0 Å². The molecular weight excluding hydrogens is 200 g/mol. The normalized spacial score (nSPS) is 24.1. The molecule has 0 heterocycles. The zero-order chi connectivity index (χ0) is 11.4. The number of amides is 1. The quantitative estimate of drug-likeness (QED) is 0.701. The summed E-state index contributed by atoms with van der Waals surface area (Å²) in [5.41, 5.74) is 5.31. The maximum atomic E-state index is 11.5. The third kappa shape index (κ3) is 3.21. The highest BCUT2D eigenvalue weighted by Crippen LogP contribution is 2.32. The molecule has 16 heavy (non-hydrogen) atoms. The van der Waals surface area contributed by atoms with Gasteiger partial charge in [-0.2, -0.15) is 0 Å². The Kier molecular flexibility index (Phi) is 3.85. The van der Waals surface area contributed by atoms with Gasteiger partial charge in [0.15, 0.2) is 0 Å². The zero-order valence-electron chi connectivity index (χ0n) is 10.1. The topological polar surface area (TPSA) is 55.1 Å². The van der Waals surface area contributed by atoms with Crippen molar-refractivity contribution in [2.24, 2.45) is 11.7 Å². The van der Waals surface area contributed by atoms with E-state index in [9.17, 15) is 4.79 Å². The van der Waals surface area contributed by atoms with Crippen LogP contribution < -0.4 is 11.1 Å². The maximum Gasteiger partial charge on any atom is 0.240 e. The van der Waals surface area contributed by atoms with Crippen molar-refractivity contribution in [2.45, 2.75) is 63.3 Å². The van der Waals surface area contributed by atoms with Crippen LogP contribution in [0.2, 0.25) is 0 Å². The molecule has 0 saturated heterocycles. The molecule has 0 radical (unpaired) electrons. The van der Waals surface area contributed by atoms with Crippen molar-refractivity contribution < 1.29 is 4.79 Å². The standard InChI is InChI=1S/C13H24N2O/c14-13(8-9-13)12(16)15-10-4-7-11-5-2-1-3-6-11/h11H,1-10,14H2,(H,15,16). The first kappa shape index (κ1) is 11.9. The zero-order valence-corrected chi connectivity index (χ0v) is 10.1. The maximum absolute atomic E-state index is 11.5. The van der Waals surface area contributed by atoms with Crippen molar-refractivity contribution in [2.75, 3.05) is 6.54 Å². The minimum atomic E-state index is -0.495. The molecular formula is C13H24N2O. The summed E-state index contributed by atoms with van der Waals surface area (Å²) in [6.45, 7) is 0.814. The van der Waals surface area contributed by atoms with Crippen molar-refractivity contribution in [3.8, 4) is 0 Å². The Bertz CT molecular complexity index is 242. The Morgan fingerprint density at radius 3 is 2.56 bits per heavy atom. The van der Waals surface area contributed by atoms with Crippen molar-refractivity contribution in [1.29, 1.82) is 0 Å². The molecule has 3 N–H and O–H groups in total. The van der Waals surface area contributed by atoms with Crippen molar-refractivity contribution in [3.05, 3.63) is 0 Å². The summed E-state index contributed by atoms with van der Waals surface area (Å²) in [7, 11) is 0. The van der Waals surface area contributed by atoms with E-state index in [0.717, 1.165) is 31.7 Å². The Morgan fingerprint density at radius 1 is 1.25 bits per heavy atom. The highest BCUT2D eigenvalue weighted by Gasteiger charge is 2.45. The van der Waals surface area contributed by atoms with Gasteiger partial charge in [-0.25, -0.2) is 0 Å². The number of nitrogens with one attached hydrogen (secondary N) is 1. The molecule has 0 aromatic heterocycles. The van der Waals surface area contributed by atoms with Crippen LogP contribution in [0.3, 0.4) is 0 Å². The van der Waals surface area contributed by atoms with Gasteiger partial charge in [0.1, 0.15) is 0 Å². The SMILES string of the molecule is NC1(C(=O)NCCCC2CCCCC2)CC1. The average molecular weight is 224 g/mol. The molecule has 3 heteroatoms. The molecule has 0 aliphatic heterocycles. The van der Waals surface area contributed by atoms with Gasteiger partial charge in [-0.05, 0) is 31.6 Å². The molecule has 0 aromatic rings. The number of carbonyl (C=O) groups excluding carboxylic acids is 1. The number of carbonyl (C=O) groups is 1. The number of hydrogen-bond acceptors (Lipinski definition) is 2. The number of nitrogens with two attached hydrogens (primary N) is 1. The van der Waals surface area contributed by atoms with Gasteiger partial charge in [-0.1, -0.05) is 32.1 Å². The van der Waals surface area contributed by atoms with E-state index in [1.807, 2.05) is 0 Å². The van der Waals surface area contributed by atoms with Crippen molar-refractivity contribution >= 4 is 5.91 Å². The Balaban J connectivity index is 1.53. The third-order valence-electron chi connectivity index (χ3n) is 4.04. The summed E-state index contributed by atoms with van der Waals surface area (Å²) in [5, 5.41) is 2.96. The van der Waals surface area contributed by atoms with Crippen LogP contribution in [0.25, 0.3) is 0 Å². The Hall–Kier alpha value is -0.570. The molecule has 92 valence electrons. The summed E-state index contributed by atoms with van der Waals surface area (Å²) < 4.78 is 0. The van der Waals surface area contributed by atoms with E-state index in [4.69, 9.17) is 5.73 Å². The summed E-state index contributed by atoms with van der Waals surface area (Å²) in [4.78, 5) is 11.5. The molecule has 2 aliphatic carbocycles. The van der Waals surface area contributed by atoms with Gasteiger partial charge in [-0.3, -0.25) is 4.79 Å². The van der Waals surface area contributed by atoms with Gasteiger partial charge in [0.2, 0.25) is 5.91 Å². The first-order valence-electron chi connectivity index (χ1n) is 6.78. The van der Waals surface area contributed by atoms with E-state index in [2.05, 4.69) is 5.32 Å². The fourth-order valence-corrected chi connectivity index (χ4v) is 2.61. The van der Waals surface area contributed by atoms with Crippen LogP contribution in [-0.4, -0.2) is 18.0 Å². The number of hydrogen-bond donors (Lipinski definition) is 2. The van der Waals surface area contributed by atoms with Crippen LogP contribution in [0.5, 0.6) is 0 Å². The second-order valence-corrected chi connectivity index (χ2v) is 5.56. The minimum Gasteiger partial charge on any atom is -0.355 e. The van der Waals surface area contributed by atoms with E-state index in [0.29, 0.717) is 0 Å². The van der Waals surface area contributed by atoms with Crippen molar-refractivity contribution in [1.82, 2.24) is 5.32 Å². The minimum absolute atomic E-state index is 0.0659. The Labute approximate surface area is 98.2 Å². The average Bonchev–Trinajstić information content (AvgIpc) is 3.05. The lowest BCUT2D eigenvalue weighted by atomic mass is 9.86. The summed E-state index contributed by atoms with van der Waals surface area (Å²) in [5.74, 6) is 0.981. The predicted octanol–water partition coefficient (Wildman–Crippen LogP) is 1.95. The second kappa shape index (κ2) is 5.17. The monoisotopic (exact) mass is 224 g/mol. The molecule has 0 spiro atoms. The molecule has 2 fully saturated rings. The van der Waals surface area contributed by atoms with Gasteiger partial charge in [-0.15, -0.1) is 0 Å². The van der Waals surface area contributed by atoms with E-state index in [1.54, 1.807) is 0 Å². The molecule has 0 atom stereocenters. The van der Waals surface area contributed by atoms with Crippen LogP contribution in [-0.2, 0) is 4.79 Å². The smallest absolute Gasteiger partial charge is 0.240 e.